The molecule has 0 spiro atoms. The van der Waals surface area contributed by atoms with E-state index in [1.54, 1.807) is 0 Å². The molecular formula is C9H9F3N2O3S. The lowest BCUT2D eigenvalue weighted by molar-refractivity contribution is -0.137. The number of benzene rings is 1. The van der Waals surface area contributed by atoms with Gasteiger partial charge in [0.1, 0.15) is 10.7 Å². The Hall–Kier alpha value is -1.77. The maximum absolute atomic E-state index is 12.4. The maximum atomic E-state index is 12.4. The lowest BCUT2D eigenvalue weighted by Crippen LogP contribution is -2.21. The number of halogens is 3. The Labute approximate surface area is 102 Å². The van der Waals surface area contributed by atoms with E-state index in [1.807, 2.05) is 5.32 Å². The summed E-state index contributed by atoms with van der Waals surface area (Å²) in [5.41, 5.74) is 3.57. The molecule has 18 heavy (non-hydrogen) atoms. The number of carbonyl (C=O) groups is 1. The number of nitrogens with two attached hydrogens (primary N) is 1. The molecule has 0 radical (unpaired) electrons. The molecule has 0 heterocycles. The number of hydrogen-bond acceptors (Lipinski definition) is 3. The highest BCUT2D eigenvalue weighted by Crippen LogP contribution is 2.32. The number of alkyl halides is 3. The summed E-state index contributed by atoms with van der Waals surface area (Å²) in [6, 6.07) is 1.29. The van der Waals surface area contributed by atoms with Crippen LogP contribution in [0, 0.1) is 0 Å². The van der Waals surface area contributed by atoms with Crippen LogP contribution in [0.25, 0.3) is 0 Å². The fraction of sp³-hybridized carbons (Fsp3) is 0.222. The minimum absolute atomic E-state index is 0.0397. The molecule has 0 aliphatic carbocycles. The molecule has 1 rings (SSSR count). The lowest BCUT2D eigenvalue weighted by atomic mass is 10.1. The van der Waals surface area contributed by atoms with Crippen LogP contribution in [0.1, 0.15) is 11.1 Å². The van der Waals surface area contributed by atoms with Crippen molar-refractivity contribution in [3.63, 3.8) is 0 Å². The lowest BCUT2D eigenvalue weighted by Gasteiger charge is -2.12. The van der Waals surface area contributed by atoms with Crippen LogP contribution in [0.5, 0.6) is 0 Å². The first-order chi connectivity index (χ1) is 8.20. The van der Waals surface area contributed by atoms with Gasteiger partial charge in [-0.2, -0.15) is 13.2 Å². The molecule has 0 bridgehead atoms. The predicted octanol–water partition coefficient (Wildman–Crippen LogP) is 1.31. The molecule has 100 valence electrons. The Bertz CT molecular complexity index is 532. The molecule has 0 aromatic heterocycles. The van der Waals surface area contributed by atoms with Gasteiger partial charge in [0.05, 0.1) is 11.3 Å². The van der Waals surface area contributed by atoms with Crippen molar-refractivity contribution in [2.75, 3.05) is 5.32 Å². The third-order valence-electron chi connectivity index (χ3n) is 1.99. The SMILES string of the molecule is NC(=O)Nc1cc(C(F)(F)F)ccc1C[SH](=O)=O. The quantitative estimate of drug-likeness (QED) is 0.730. The summed E-state index contributed by atoms with van der Waals surface area (Å²) >= 11 is 0. The van der Waals surface area contributed by atoms with Crippen LogP contribution >= 0.6 is 0 Å². The Balaban J connectivity index is 3.24. The number of thiol groups is 1. The number of rotatable bonds is 3. The average Bonchev–Trinajstić information content (AvgIpc) is 2.17. The standard InChI is InChI=1S/C9H9F3N2O3S/c10-9(11,12)6-2-1-5(4-18(16)17)7(3-6)14-8(13)15/h1-3,18H,4H2,(H3,13,14,15). The average molecular weight is 282 g/mol. The highest BCUT2D eigenvalue weighted by atomic mass is 32.2. The Morgan fingerprint density at radius 2 is 1.94 bits per heavy atom. The second-order valence-electron chi connectivity index (χ2n) is 3.35. The second-order valence-corrected chi connectivity index (χ2v) is 4.33. The first-order valence-electron chi connectivity index (χ1n) is 4.58. The maximum Gasteiger partial charge on any atom is 0.416 e. The van der Waals surface area contributed by atoms with E-state index >= 15 is 0 Å². The van der Waals surface area contributed by atoms with Crippen LogP contribution in [0.3, 0.4) is 0 Å². The molecule has 1 aromatic rings. The monoisotopic (exact) mass is 282 g/mol. The van der Waals surface area contributed by atoms with Gasteiger partial charge in [0.15, 0.2) is 0 Å². The number of urea groups is 1. The van der Waals surface area contributed by atoms with Crippen molar-refractivity contribution in [3.05, 3.63) is 29.3 Å². The Morgan fingerprint density at radius 3 is 2.39 bits per heavy atom. The molecule has 0 aliphatic rings. The number of hydrogen-bond donors (Lipinski definition) is 3. The largest absolute Gasteiger partial charge is 0.416 e. The first-order valence-corrected chi connectivity index (χ1v) is 5.95. The zero-order valence-corrected chi connectivity index (χ0v) is 9.72. The van der Waals surface area contributed by atoms with Crippen LogP contribution in [-0.4, -0.2) is 14.4 Å². The van der Waals surface area contributed by atoms with Gasteiger partial charge in [0.2, 0.25) is 0 Å². The van der Waals surface area contributed by atoms with E-state index in [-0.39, 0.29) is 11.3 Å². The van der Waals surface area contributed by atoms with E-state index < -0.39 is 34.2 Å². The highest BCUT2D eigenvalue weighted by molar-refractivity contribution is 7.71. The molecule has 9 heteroatoms. The topological polar surface area (TPSA) is 89.3 Å². The van der Waals surface area contributed by atoms with Gasteiger partial charge in [0.25, 0.3) is 0 Å². The smallest absolute Gasteiger partial charge is 0.351 e. The summed E-state index contributed by atoms with van der Waals surface area (Å²) in [6.45, 7) is 0. The Kier molecular flexibility index (Phi) is 4.17. The van der Waals surface area contributed by atoms with Crippen molar-refractivity contribution in [1.29, 1.82) is 0 Å². The zero-order valence-electron chi connectivity index (χ0n) is 8.82. The first kappa shape index (κ1) is 14.3. The molecule has 0 aliphatic heterocycles. The van der Waals surface area contributed by atoms with Gasteiger partial charge in [-0.25, -0.2) is 13.2 Å². The molecule has 0 atom stereocenters. The molecule has 3 N–H and O–H groups in total. The zero-order chi connectivity index (χ0) is 13.9. The van der Waals surface area contributed by atoms with Gasteiger partial charge < -0.3 is 11.1 Å². The van der Waals surface area contributed by atoms with E-state index in [2.05, 4.69) is 0 Å². The van der Waals surface area contributed by atoms with Crippen molar-refractivity contribution >= 4 is 22.4 Å². The van der Waals surface area contributed by atoms with E-state index in [4.69, 9.17) is 5.73 Å². The van der Waals surface area contributed by atoms with Crippen molar-refractivity contribution in [3.8, 4) is 0 Å². The van der Waals surface area contributed by atoms with Crippen LogP contribution in [0.15, 0.2) is 18.2 Å². The summed E-state index contributed by atoms with van der Waals surface area (Å²) < 4.78 is 58.4. The van der Waals surface area contributed by atoms with Gasteiger partial charge in [-0.15, -0.1) is 0 Å². The molecule has 5 nitrogen and oxygen atoms in total. The van der Waals surface area contributed by atoms with Crippen molar-refractivity contribution in [2.45, 2.75) is 11.9 Å². The predicted molar refractivity (Wildman–Crippen MR) is 58.7 cm³/mol. The molecule has 0 unspecified atom stereocenters. The number of anilines is 1. The second kappa shape index (κ2) is 5.25. The minimum atomic E-state index is -4.59. The number of carbonyl (C=O) groups excluding carboxylic acids is 1. The minimum Gasteiger partial charge on any atom is -0.351 e. The van der Waals surface area contributed by atoms with Gasteiger partial charge in [0, 0.05) is 5.69 Å². The van der Waals surface area contributed by atoms with E-state index in [9.17, 15) is 26.4 Å². The summed E-state index contributed by atoms with van der Waals surface area (Å²) in [6.07, 6.45) is -4.59. The summed E-state index contributed by atoms with van der Waals surface area (Å²) in [5.74, 6) is -0.483. The molecular weight excluding hydrogens is 273 g/mol. The number of nitrogens with one attached hydrogen (secondary N) is 1. The van der Waals surface area contributed by atoms with E-state index in [0.717, 1.165) is 12.1 Å². The highest BCUT2D eigenvalue weighted by Gasteiger charge is 2.31. The van der Waals surface area contributed by atoms with Crippen LogP contribution in [0.2, 0.25) is 0 Å². The van der Waals surface area contributed by atoms with Gasteiger partial charge in [-0.3, -0.25) is 0 Å². The molecule has 2 amide bonds. The van der Waals surface area contributed by atoms with Crippen LogP contribution in [0.4, 0.5) is 23.7 Å². The Morgan fingerprint density at radius 1 is 1.33 bits per heavy atom. The van der Waals surface area contributed by atoms with E-state index in [0.29, 0.717) is 6.07 Å². The van der Waals surface area contributed by atoms with Crippen molar-refractivity contribution < 1.29 is 26.4 Å². The molecule has 0 saturated heterocycles. The third-order valence-corrected chi connectivity index (χ3v) is 2.59. The van der Waals surface area contributed by atoms with Crippen molar-refractivity contribution in [1.82, 2.24) is 0 Å². The van der Waals surface area contributed by atoms with Gasteiger partial charge in [-0.1, -0.05) is 6.07 Å². The molecule has 0 fully saturated rings. The summed E-state index contributed by atoms with van der Waals surface area (Å²) in [4.78, 5) is 10.6. The molecule has 0 saturated carbocycles. The van der Waals surface area contributed by atoms with Crippen LogP contribution < -0.4 is 11.1 Å². The summed E-state index contributed by atoms with van der Waals surface area (Å²) in [7, 11) is -2.83. The fourth-order valence-corrected chi connectivity index (χ4v) is 1.83. The number of amides is 2. The van der Waals surface area contributed by atoms with E-state index in [1.165, 1.54) is 0 Å². The van der Waals surface area contributed by atoms with Crippen molar-refractivity contribution in [2.24, 2.45) is 5.73 Å². The van der Waals surface area contributed by atoms with Gasteiger partial charge in [-0.05, 0) is 17.7 Å². The number of primary amides is 1. The molecule has 1 aromatic carbocycles. The van der Waals surface area contributed by atoms with Crippen LogP contribution in [-0.2, 0) is 22.6 Å². The third kappa shape index (κ3) is 3.91. The normalized spacial score (nSPS) is 11.6. The van der Waals surface area contributed by atoms with Gasteiger partial charge >= 0.3 is 12.2 Å². The summed E-state index contributed by atoms with van der Waals surface area (Å²) in [5, 5.41) is 1.96. The fourth-order valence-electron chi connectivity index (χ4n) is 1.28.